The Morgan fingerprint density at radius 1 is 1.44 bits per heavy atom. The van der Waals surface area contributed by atoms with E-state index in [0.717, 1.165) is 21.5 Å². The molecule has 0 unspecified atom stereocenters. The molecule has 0 spiro atoms. The molecule has 0 aliphatic carbocycles. The van der Waals surface area contributed by atoms with E-state index in [1.807, 2.05) is 12.1 Å². The van der Waals surface area contributed by atoms with Crippen molar-refractivity contribution in [3.63, 3.8) is 0 Å². The van der Waals surface area contributed by atoms with Gasteiger partial charge in [-0.25, -0.2) is 9.78 Å². The van der Waals surface area contributed by atoms with E-state index in [1.54, 1.807) is 18.6 Å². The van der Waals surface area contributed by atoms with Crippen LogP contribution in [0.25, 0.3) is 16.6 Å². The minimum Gasteiger partial charge on any atom is -0.478 e. The first-order valence-electron chi connectivity index (χ1n) is 4.53. The maximum Gasteiger partial charge on any atom is 0.328 e. The maximum absolute atomic E-state index is 10.3. The van der Waals surface area contributed by atoms with Gasteiger partial charge in [-0.1, -0.05) is 0 Å². The van der Waals surface area contributed by atoms with Gasteiger partial charge in [0.15, 0.2) is 0 Å². The molecule has 0 aliphatic heterocycles. The fourth-order valence-corrected chi connectivity index (χ4v) is 1.95. The number of pyridine rings is 1. The molecular weight excluding hydrogens is 224 g/mol. The van der Waals surface area contributed by atoms with Gasteiger partial charge < -0.3 is 5.11 Å². The summed E-state index contributed by atoms with van der Waals surface area (Å²) in [6, 6.07) is 3.75. The van der Waals surface area contributed by atoms with Crippen LogP contribution in [0.15, 0.2) is 36.8 Å². The summed E-state index contributed by atoms with van der Waals surface area (Å²) in [5, 5.41) is 9.32. The molecule has 0 saturated heterocycles. The molecule has 2 heterocycles. The van der Waals surface area contributed by atoms with Crippen molar-refractivity contribution in [2.24, 2.45) is 0 Å². The zero-order chi connectivity index (χ0) is 11.4. The highest BCUT2D eigenvalue weighted by molar-refractivity contribution is 7.15. The SMILES string of the molecule is O=C(O)/C=C/c1cnc(-c2cccnc2)s1. The number of aromatic nitrogens is 2. The van der Waals surface area contributed by atoms with Gasteiger partial charge in [-0.3, -0.25) is 4.98 Å². The van der Waals surface area contributed by atoms with Crippen LogP contribution >= 0.6 is 11.3 Å². The summed E-state index contributed by atoms with van der Waals surface area (Å²) in [6.45, 7) is 0. The first kappa shape index (κ1) is 10.5. The standard InChI is InChI=1S/C11H8N2O2S/c14-10(15)4-3-9-7-13-11(16-9)8-2-1-5-12-6-8/h1-7H,(H,14,15)/b4-3+. The van der Waals surface area contributed by atoms with Gasteiger partial charge in [-0.05, 0) is 18.2 Å². The molecule has 0 amide bonds. The van der Waals surface area contributed by atoms with Crippen molar-refractivity contribution in [2.75, 3.05) is 0 Å². The molecule has 80 valence electrons. The Bertz CT molecular complexity index is 520. The molecule has 0 radical (unpaired) electrons. The lowest BCUT2D eigenvalue weighted by Crippen LogP contribution is -1.84. The smallest absolute Gasteiger partial charge is 0.328 e. The summed E-state index contributed by atoms with van der Waals surface area (Å²) in [5.41, 5.74) is 0.933. The minimum atomic E-state index is -0.962. The van der Waals surface area contributed by atoms with E-state index in [-0.39, 0.29) is 0 Å². The van der Waals surface area contributed by atoms with Crippen LogP contribution in [0.3, 0.4) is 0 Å². The van der Waals surface area contributed by atoms with Gasteiger partial charge in [-0.15, -0.1) is 11.3 Å². The number of aliphatic carboxylic acids is 1. The fraction of sp³-hybridized carbons (Fsp3) is 0. The lowest BCUT2D eigenvalue weighted by molar-refractivity contribution is -0.131. The number of hydrogen-bond donors (Lipinski definition) is 1. The summed E-state index contributed by atoms with van der Waals surface area (Å²) < 4.78 is 0. The average molecular weight is 232 g/mol. The monoisotopic (exact) mass is 232 g/mol. The van der Waals surface area contributed by atoms with Crippen molar-refractivity contribution >= 4 is 23.4 Å². The number of rotatable bonds is 3. The third-order valence-corrected chi connectivity index (χ3v) is 2.83. The third kappa shape index (κ3) is 2.52. The van der Waals surface area contributed by atoms with E-state index in [0.29, 0.717) is 0 Å². The molecule has 4 nitrogen and oxygen atoms in total. The predicted octanol–water partition coefficient (Wildman–Crippen LogP) is 2.30. The van der Waals surface area contributed by atoms with Gasteiger partial charge in [0.1, 0.15) is 5.01 Å². The number of nitrogens with zero attached hydrogens (tertiary/aromatic N) is 2. The Morgan fingerprint density at radius 3 is 3.00 bits per heavy atom. The van der Waals surface area contributed by atoms with E-state index in [9.17, 15) is 4.79 Å². The molecule has 0 bridgehead atoms. The fourth-order valence-electron chi connectivity index (χ4n) is 1.14. The van der Waals surface area contributed by atoms with Crippen molar-refractivity contribution in [3.05, 3.63) is 41.7 Å². The predicted molar refractivity (Wildman–Crippen MR) is 62.0 cm³/mol. The highest BCUT2D eigenvalue weighted by atomic mass is 32.1. The van der Waals surface area contributed by atoms with Crippen LogP contribution in [0.2, 0.25) is 0 Å². The van der Waals surface area contributed by atoms with Crippen LogP contribution in [0.4, 0.5) is 0 Å². The lowest BCUT2D eigenvalue weighted by Gasteiger charge is -1.91. The Labute approximate surface area is 95.9 Å². The zero-order valence-corrected chi connectivity index (χ0v) is 9.02. The van der Waals surface area contributed by atoms with Crippen molar-refractivity contribution in [2.45, 2.75) is 0 Å². The van der Waals surface area contributed by atoms with Gasteiger partial charge in [0.2, 0.25) is 0 Å². The van der Waals surface area contributed by atoms with Crippen molar-refractivity contribution < 1.29 is 9.90 Å². The average Bonchev–Trinajstić information content (AvgIpc) is 2.76. The molecule has 1 N–H and O–H groups in total. The molecule has 0 fully saturated rings. The van der Waals surface area contributed by atoms with Crippen LogP contribution in [0.1, 0.15) is 4.88 Å². The van der Waals surface area contributed by atoms with Gasteiger partial charge in [0.05, 0.1) is 0 Å². The van der Waals surface area contributed by atoms with Crippen LogP contribution < -0.4 is 0 Å². The van der Waals surface area contributed by atoms with Gasteiger partial charge in [0.25, 0.3) is 0 Å². The summed E-state index contributed by atoms with van der Waals surface area (Å²) in [6.07, 6.45) is 7.69. The van der Waals surface area contributed by atoms with Crippen LogP contribution in [-0.4, -0.2) is 21.0 Å². The molecule has 0 aromatic carbocycles. The van der Waals surface area contributed by atoms with Crippen LogP contribution in [0.5, 0.6) is 0 Å². The summed E-state index contributed by atoms with van der Waals surface area (Å²) in [4.78, 5) is 19.3. The second kappa shape index (κ2) is 4.67. The van der Waals surface area contributed by atoms with Gasteiger partial charge >= 0.3 is 5.97 Å². The van der Waals surface area contributed by atoms with E-state index < -0.39 is 5.97 Å². The van der Waals surface area contributed by atoms with Crippen LogP contribution in [-0.2, 0) is 4.79 Å². The number of carboxylic acid groups (broad SMARTS) is 1. The van der Waals surface area contributed by atoms with E-state index in [4.69, 9.17) is 5.11 Å². The molecule has 2 aromatic heterocycles. The molecule has 16 heavy (non-hydrogen) atoms. The molecular formula is C11H8N2O2S. The minimum absolute atomic E-state index is 0.807. The normalized spacial score (nSPS) is 10.8. The van der Waals surface area contributed by atoms with E-state index in [2.05, 4.69) is 9.97 Å². The van der Waals surface area contributed by atoms with Crippen molar-refractivity contribution in [1.82, 2.24) is 9.97 Å². The Hall–Kier alpha value is -2.01. The second-order valence-corrected chi connectivity index (χ2v) is 4.04. The maximum atomic E-state index is 10.3. The number of hydrogen-bond acceptors (Lipinski definition) is 4. The molecule has 0 aliphatic rings. The highest BCUT2D eigenvalue weighted by Gasteiger charge is 2.02. The third-order valence-electron chi connectivity index (χ3n) is 1.82. The topological polar surface area (TPSA) is 63.1 Å². The highest BCUT2D eigenvalue weighted by Crippen LogP contribution is 2.24. The molecule has 2 aromatic rings. The molecule has 0 atom stereocenters. The quantitative estimate of drug-likeness (QED) is 0.825. The second-order valence-electron chi connectivity index (χ2n) is 2.98. The van der Waals surface area contributed by atoms with Gasteiger partial charge in [-0.2, -0.15) is 0 Å². The van der Waals surface area contributed by atoms with Crippen molar-refractivity contribution in [3.8, 4) is 10.6 Å². The molecule has 5 heteroatoms. The van der Waals surface area contributed by atoms with Crippen molar-refractivity contribution in [1.29, 1.82) is 0 Å². The first-order valence-corrected chi connectivity index (χ1v) is 5.34. The van der Waals surface area contributed by atoms with E-state index >= 15 is 0 Å². The summed E-state index contributed by atoms with van der Waals surface area (Å²) >= 11 is 1.43. The number of carbonyl (C=O) groups is 1. The number of carboxylic acids is 1. The van der Waals surface area contributed by atoms with Gasteiger partial charge in [0, 0.05) is 35.1 Å². The van der Waals surface area contributed by atoms with E-state index in [1.165, 1.54) is 17.4 Å². The Morgan fingerprint density at radius 2 is 2.31 bits per heavy atom. The van der Waals surface area contributed by atoms with Crippen LogP contribution in [0, 0.1) is 0 Å². The lowest BCUT2D eigenvalue weighted by atomic mass is 10.3. The Kier molecular flexibility index (Phi) is 3.07. The summed E-state index contributed by atoms with van der Waals surface area (Å²) in [5.74, 6) is -0.962. The Balaban J connectivity index is 2.23. The largest absolute Gasteiger partial charge is 0.478 e. The first-order chi connectivity index (χ1) is 7.75. The zero-order valence-electron chi connectivity index (χ0n) is 8.20. The molecule has 2 rings (SSSR count). The molecule has 0 saturated carbocycles. The summed E-state index contributed by atoms with van der Waals surface area (Å²) in [7, 11) is 0. The number of thiazole rings is 1.